The first-order valence-electron chi connectivity index (χ1n) is 8.17. The van der Waals surface area contributed by atoms with Crippen LogP contribution in [0.4, 0.5) is 0 Å². The monoisotopic (exact) mass is 326 g/mol. The van der Waals surface area contributed by atoms with Gasteiger partial charge in [0.2, 0.25) is 0 Å². The molecular formula is C20H22O4. The molecule has 4 rings (SSSR count). The molecule has 126 valence electrons. The molecular weight excluding hydrogens is 304 g/mol. The van der Waals surface area contributed by atoms with E-state index in [1.54, 1.807) is 14.2 Å². The van der Waals surface area contributed by atoms with Crippen molar-refractivity contribution in [3.05, 3.63) is 58.1 Å². The van der Waals surface area contributed by atoms with Gasteiger partial charge in [0.25, 0.3) is 0 Å². The van der Waals surface area contributed by atoms with Crippen molar-refractivity contribution in [3.8, 4) is 11.5 Å². The smallest absolute Gasteiger partial charge is 0.161 e. The Labute approximate surface area is 142 Å². The summed E-state index contributed by atoms with van der Waals surface area (Å²) < 4.78 is 22.9. The van der Waals surface area contributed by atoms with E-state index in [4.69, 9.17) is 18.9 Å². The van der Waals surface area contributed by atoms with Gasteiger partial charge in [-0.25, -0.2) is 0 Å². The Hall–Kier alpha value is -2.04. The first-order valence-corrected chi connectivity index (χ1v) is 8.17. The van der Waals surface area contributed by atoms with Crippen molar-refractivity contribution in [2.24, 2.45) is 0 Å². The molecule has 4 nitrogen and oxygen atoms in total. The number of ether oxygens (including phenoxy) is 4. The second kappa shape index (κ2) is 5.50. The minimum absolute atomic E-state index is 0.110. The van der Waals surface area contributed by atoms with Crippen molar-refractivity contribution in [1.29, 1.82) is 0 Å². The molecule has 2 heterocycles. The summed E-state index contributed by atoms with van der Waals surface area (Å²) in [5, 5.41) is 0. The first-order chi connectivity index (χ1) is 11.5. The van der Waals surface area contributed by atoms with Crippen molar-refractivity contribution in [2.75, 3.05) is 14.2 Å². The predicted octanol–water partition coefficient (Wildman–Crippen LogP) is 4.09. The Morgan fingerprint density at radius 2 is 1.67 bits per heavy atom. The molecule has 2 aliphatic heterocycles. The lowest BCUT2D eigenvalue weighted by Crippen LogP contribution is -2.16. The second-order valence-electron chi connectivity index (χ2n) is 6.82. The topological polar surface area (TPSA) is 36.9 Å². The molecule has 2 aliphatic rings. The predicted molar refractivity (Wildman–Crippen MR) is 90.4 cm³/mol. The summed E-state index contributed by atoms with van der Waals surface area (Å²) in [7, 11) is 3.32. The van der Waals surface area contributed by atoms with Crippen LogP contribution in [0, 0.1) is 0 Å². The molecule has 0 spiro atoms. The summed E-state index contributed by atoms with van der Waals surface area (Å²) >= 11 is 0. The highest BCUT2D eigenvalue weighted by Gasteiger charge is 2.40. The van der Waals surface area contributed by atoms with Gasteiger partial charge in [-0.05, 0) is 53.8 Å². The van der Waals surface area contributed by atoms with Crippen LogP contribution in [-0.2, 0) is 28.3 Å². The lowest BCUT2D eigenvalue weighted by Gasteiger charge is -2.21. The van der Waals surface area contributed by atoms with E-state index in [1.165, 1.54) is 11.1 Å². The van der Waals surface area contributed by atoms with E-state index in [0.717, 1.165) is 28.2 Å². The van der Waals surface area contributed by atoms with Crippen LogP contribution >= 0.6 is 0 Å². The Balaban J connectivity index is 1.83. The van der Waals surface area contributed by atoms with E-state index >= 15 is 0 Å². The molecule has 0 amide bonds. The average Bonchev–Trinajstić information content (AvgIpc) is 3.15. The molecule has 0 N–H and O–H groups in total. The van der Waals surface area contributed by atoms with E-state index in [2.05, 4.69) is 32.0 Å². The summed E-state index contributed by atoms with van der Waals surface area (Å²) in [5.74, 6) is 1.46. The molecule has 0 radical (unpaired) electrons. The lowest BCUT2D eigenvalue weighted by molar-refractivity contribution is -0.0341. The quantitative estimate of drug-likeness (QED) is 0.851. The SMILES string of the molecule is COc1cc2c(cc1OC)C(C)(C)O[C@H]2c1ccc2c(c1)COC2. The first kappa shape index (κ1) is 15.5. The van der Waals surface area contributed by atoms with Gasteiger partial charge >= 0.3 is 0 Å². The van der Waals surface area contributed by atoms with Gasteiger partial charge in [0.1, 0.15) is 6.10 Å². The van der Waals surface area contributed by atoms with Crippen molar-refractivity contribution < 1.29 is 18.9 Å². The van der Waals surface area contributed by atoms with E-state index < -0.39 is 0 Å². The average molecular weight is 326 g/mol. The molecule has 0 aliphatic carbocycles. The normalized spacial score (nSPS) is 20.6. The number of rotatable bonds is 3. The Kier molecular flexibility index (Phi) is 3.55. The summed E-state index contributed by atoms with van der Waals surface area (Å²) in [6.45, 7) is 5.56. The highest BCUT2D eigenvalue weighted by Crippen LogP contribution is 2.49. The highest BCUT2D eigenvalue weighted by atomic mass is 16.5. The van der Waals surface area contributed by atoms with Gasteiger partial charge in [0.05, 0.1) is 33.0 Å². The van der Waals surface area contributed by atoms with Crippen molar-refractivity contribution >= 4 is 0 Å². The van der Waals surface area contributed by atoms with Crippen LogP contribution in [0.5, 0.6) is 11.5 Å². The molecule has 0 bridgehead atoms. The molecule has 0 fully saturated rings. The Morgan fingerprint density at radius 3 is 2.42 bits per heavy atom. The van der Waals surface area contributed by atoms with Crippen LogP contribution in [0.2, 0.25) is 0 Å². The van der Waals surface area contributed by atoms with Gasteiger partial charge in [-0.1, -0.05) is 18.2 Å². The third-order valence-electron chi connectivity index (χ3n) is 4.95. The van der Waals surface area contributed by atoms with E-state index in [1.807, 2.05) is 12.1 Å². The van der Waals surface area contributed by atoms with E-state index in [-0.39, 0.29) is 11.7 Å². The fourth-order valence-electron chi connectivity index (χ4n) is 3.66. The zero-order valence-corrected chi connectivity index (χ0v) is 14.5. The molecule has 0 saturated carbocycles. The summed E-state index contributed by atoms with van der Waals surface area (Å²) in [6.07, 6.45) is -0.110. The van der Waals surface area contributed by atoms with E-state index in [9.17, 15) is 0 Å². The maximum atomic E-state index is 6.41. The van der Waals surface area contributed by atoms with E-state index in [0.29, 0.717) is 13.2 Å². The van der Waals surface area contributed by atoms with Gasteiger partial charge in [-0.15, -0.1) is 0 Å². The Bertz CT molecular complexity index is 794. The van der Waals surface area contributed by atoms with Crippen LogP contribution in [0.15, 0.2) is 30.3 Å². The summed E-state index contributed by atoms with van der Waals surface area (Å²) in [5.41, 5.74) is 5.57. The van der Waals surface area contributed by atoms with Crippen LogP contribution in [0.3, 0.4) is 0 Å². The standard InChI is InChI=1S/C20H22O4/c1-20(2)16-9-18(22-4)17(21-3)8-15(16)19(24-20)12-5-6-13-10-23-11-14(13)7-12/h5-9,19H,10-11H2,1-4H3/t19-/m0/s1. The largest absolute Gasteiger partial charge is 0.493 e. The third kappa shape index (κ3) is 2.29. The zero-order valence-electron chi connectivity index (χ0n) is 14.5. The van der Waals surface area contributed by atoms with Gasteiger partial charge in [-0.3, -0.25) is 0 Å². The molecule has 0 saturated heterocycles. The molecule has 0 aromatic heterocycles. The van der Waals surface area contributed by atoms with Gasteiger partial charge < -0.3 is 18.9 Å². The number of methoxy groups -OCH3 is 2. The zero-order chi connectivity index (χ0) is 16.9. The summed E-state index contributed by atoms with van der Waals surface area (Å²) in [6, 6.07) is 10.6. The minimum atomic E-state index is -0.380. The molecule has 0 unspecified atom stereocenters. The lowest BCUT2D eigenvalue weighted by atomic mass is 9.91. The van der Waals surface area contributed by atoms with Crippen molar-refractivity contribution in [1.82, 2.24) is 0 Å². The maximum absolute atomic E-state index is 6.41. The molecule has 2 aromatic carbocycles. The van der Waals surface area contributed by atoms with Gasteiger partial charge in [-0.2, -0.15) is 0 Å². The number of benzene rings is 2. The second-order valence-corrected chi connectivity index (χ2v) is 6.82. The number of hydrogen-bond donors (Lipinski definition) is 0. The van der Waals surface area contributed by atoms with Crippen LogP contribution < -0.4 is 9.47 Å². The molecule has 1 atom stereocenters. The number of fused-ring (bicyclic) bond motifs is 2. The van der Waals surface area contributed by atoms with Gasteiger partial charge in [0, 0.05) is 0 Å². The Morgan fingerprint density at radius 1 is 0.958 bits per heavy atom. The van der Waals surface area contributed by atoms with Crippen LogP contribution in [0.1, 0.15) is 47.8 Å². The van der Waals surface area contributed by atoms with Crippen molar-refractivity contribution in [2.45, 2.75) is 38.8 Å². The van der Waals surface area contributed by atoms with Crippen LogP contribution in [0.25, 0.3) is 0 Å². The molecule has 2 aromatic rings. The van der Waals surface area contributed by atoms with Crippen molar-refractivity contribution in [3.63, 3.8) is 0 Å². The van der Waals surface area contributed by atoms with Gasteiger partial charge in [0.15, 0.2) is 11.5 Å². The fraction of sp³-hybridized carbons (Fsp3) is 0.400. The minimum Gasteiger partial charge on any atom is -0.493 e. The fourth-order valence-corrected chi connectivity index (χ4v) is 3.66. The summed E-state index contributed by atoms with van der Waals surface area (Å²) in [4.78, 5) is 0. The molecule has 24 heavy (non-hydrogen) atoms. The van der Waals surface area contributed by atoms with Crippen LogP contribution in [-0.4, -0.2) is 14.2 Å². The maximum Gasteiger partial charge on any atom is 0.161 e. The highest BCUT2D eigenvalue weighted by molar-refractivity contribution is 5.54. The molecule has 4 heteroatoms. The number of hydrogen-bond acceptors (Lipinski definition) is 4. The third-order valence-corrected chi connectivity index (χ3v) is 4.95.